The third kappa shape index (κ3) is 3.33. The first-order chi connectivity index (χ1) is 10.2. The number of fused-ring (bicyclic) bond motifs is 1. The van der Waals surface area contributed by atoms with Crippen molar-refractivity contribution in [3.63, 3.8) is 0 Å². The normalized spacial score (nSPS) is 13.1. The second-order valence-corrected chi connectivity index (χ2v) is 5.54. The second kappa shape index (κ2) is 6.13. The van der Waals surface area contributed by atoms with Crippen LogP contribution in [-0.4, -0.2) is 21.6 Å². The van der Waals surface area contributed by atoms with Crippen LogP contribution in [0.15, 0.2) is 24.5 Å². The Labute approximate surface area is 124 Å². The first-order valence-electron chi connectivity index (χ1n) is 7.18. The van der Waals surface area contributed by atoms with E-state index in [1.165, 1.54) is 0 Å². The Hall–Kier alpha value is -2.08. The summed E-state index contributed by atoms with van der Waals surface area (Å²) >= 11 is 0. The fourth-order valence-electron chi connectivity index (χ4n) is 2.29. The summed E-state index contributed by atoms with van der Waals surface area (Å²) in [5.74, 6) is 3.15. The lowest BCUT2D eigenvalue weighted by molar-refractivity contribution is 0.174. The van der Waals surface area contributed by atoms with Gasteiger partial charge in [0.15, 0.2) is 11.5 Å². The lowest BCUT2D eigenvalue weighted by Gasteiger charge is -2.09. The Morgan fingerprint density at radius 2 is 2.10 bits per heavy atom. The van der Waals surface area contributed by atoms with Gasteiger partial charge in [0.2, 0.25) is 6.79 Å². The van der Waals surface area contributed by atoms with Crippen molar-refractivity contribution in [2.24, 2.45) is 5.92 Å². The van der Waals surface area contributed by atoms with Gasteiger partial charge in [-0.25, -0.2) is 9.67 Å². The summed E-state index contributed by atoms with van der Waals surface area (Å²) < 4.78 is 12.6. The molecule has 1 N–H and O–H groups in total. The summed E-state index contributed by atoms with van der Waals surface area (Å²) in [6, 6.07) is 5.99. The molecule has 0 spiro atoms. The van der Waals surface area contributed by atoms with Gasteiger partial charge in [0.25, 0.3) is 0 Å². The van der Waals surface area contributed by atoms with E-state index in [1.807, 2.05) is 22.9 Å². The van der Waals surface area contributed by atoms with Crippen molar-refractivity contribution in [2.45, 2.75) is 33.5 Å². The maximum atomic E-state index is 5.38. The molecule has 0 amide bonds. The SMILES string of the molecule is CC(C)Cn1ncnc1CNCc1ccc2c(c1)OCO2. The van der Waals surface area contributed by atoms with Gasteiger partial charge in [0, 0.05) is 13.1 Å². The lowest BCUT2D eigenvalue weighted by Crippen LogP contribution is -2.18. The van der Waals surface area contributed by atoms with Crippen LogP contribution in [0.5, 0.6) is 11.5 Å². The number of aromatic nitrogens is 3. The van der Waals surface area contributed by atoms with Gasteiger partial charge in [-0.05, 0) is 23.6 Å². The maximum Gasteiger partial charge on any atom is 0.231 e. The zero-order valence-corrected chi connectivity index (χ0v) is 12.4. The molecule has 0 unspecified atom stereocenters. The molecule has 1 aliphatic rings. The fourth-order valence-corrected chi connectivity index (χ4v) is 2.29. The Bertz CT molecular complexity index is 609. The molecule has 21 heavy (non-hydrogen) atoms. The van der Waals surface area contributed by atoms with Crippen LogP contribution >= 0.6 is 0 Å². The first kappa shape index (κ1) is 13.9. The maximum absolute atomic E-state index is 5.38. The van der Waals surface area contributed by atoms with E-state index in [0.717, 1.165) is 36.0 Å². The lowest BCUT2D eigenvalue weighted by atomic mass is 10.2. The van der Waals surface area contributed by atoms with E-state index in [9.17, 15) is 0 Å². The van der Waals surface area contributed by atoms with Crippen LogP contribution < -0.4 is 14.8 Å². The monoisotopic (exact) mass is 288 g/mol. The summed E-state index contributed by atoms with van der Waals surface area (Å²) in [5, 5.41) is 7.65. The average molecular weight is 288 g/mol. The predicted molar refractivity (Wildman–Crippen MR) is 78.0 cm³/mol. The highest BCUT2D eigenvalue weighted by Crippen LogP contribution is 2.32. The number of nitrogens with one attached hydrogen (secondary N) is 1. The minimum absolute atomic E-state index is 0.310. The molecule has 3 rings (SSSR count). The minimum atomic E-state index is 0.310. The third-order valence-electron chi connectivity index (χ3n) is 3.28. The van der Waals surface area contributed by atoms with E-state index >= 15 is 0 Å². The quantitative estimate of drug-likeness (QED) is 0.880. The highest BCUT2D eigenvalue weighted by atomic mass is 16.7. The van der Waals surface area contributed by atoms with E-state index in [2.05, 4.69) is 29.2 Å². The fraction of sp³-hybridized carbons (Fsp3) is 0.467. The van der Waals surface area contributed by atoms with Gasteiger partial charge < -0.3 is 14.8 Å². The molecule has 2 heterocycles. The van der Waals surface area contributed by atoms with E-state index < -0.39 is 0 Å². The average Bonchev–Trinajstić information content (AvgIpc) is 3.07. The molecule has 0 aliphatic carbocycles. The van der Waals surface area contributed by atoms with Crippen molar-refractivity contribution in [2.75, 3.05) is 6.79 Å². The summed E-state index contributed by atoms with van der Waals surface area (Å²) in [4.78, 5) is 4.30. The van der Waals surface area contributed by atoms with Crippen LogP contribution in [0.2, 0.25) is 0 Å². The minimum Gasteiger partial charge on any atom is -0.454 e. The van der Waals surface area contributed by atoms with E-state index in [4.69, 9.17) is 9.47 Å². The molecular formula is C15H20N4O2. The van der Waals surface area contributed by atoms with Gasteiger partial charge in [0.1, 0.15) is 12.2 Å². The number of ether oxygens (including phenoxy) is 2. The van der Waals surface area contributed by atoms with E-state index in [0.29, 0.717) is 19.3 Å². The van der Waals surface area contributed by atoms with Gasteiger partial charge in [0.05, 0.1) is 6.54 Å². The molecule has 112 valence electrons. The smallest absolute Gasteiger partial charge is 0.231 e. The van der Waals surface area contributed by atoms with Crippen LogP contribution in [0.3, 0.4) is 0 Å². The summed E-state index contributed by atoms with van der Waals surface area (Å²) in [6.07, 6.45) is 1.61. The molecule has 0 bridgehead atoms. The van der Waals surface area contributed by atoms with Crippen molar-refractivity contribution in [1.29, 1.82) is 0 Å². The van der Waals surface area contributed by atoms with E-state index in [-0.39, 0.29) is 0 Å². The topological polar surface area (TPSA) is 61.2 Å². The molecule has 0 fully saturated rings. The van der Waals surface area contributed by atoms with Crippen LogP contribution in [0.1, 0.15) is 25.2 Å². The Balaban J connectivity index is 1.55. The summed E-state index contributed by atoms with van der Waals surface area (Å²) in [5.41, 5.74) is 1.16. The van der Waals surface area contributed by atoms with Crippen LogP contribution in [-0.2, 0) is 19.6 Å². The van der Waals surface area contributed by atoms with Gasteiger partial charge in [-0.15, -0.1) is 0 Å². The zero-order chi connectivity index (χ0) is 14.7. The molecule has 1 aromatic carbocycles. The third-order valence-corrected chi connectivity index (χ3v) is 3.28. The number of hydrogen-bond donors (Lipinski definition) is 1. The molecule has 1 aromatic heterocycles. The Morgan fingerprint density at radius 3 is 2.95 bits per heavy atom. The molecule has 6 nitrogen and oxygen atoms in total. The van der Waals surface area contributed by atoms with Gasteiger partial charge >= 0.3 is 0 Å². The molecular weight excluding hydrogens is 268 g/mol. The van der Waals surface area contributed by atoms with Crippen molar-refractivity contribution in [3.8, 4) is 11.5 Å². The molecule has 0 saturated carbocycles. The van der Waals surface area contributed by atoms with Crippen molar-refractivity contribution in [3.05, 3.63) is 35.9 Å². The predicted octanol–water partition coefficient (Wildman–Crippen LogP) is 1.95. The molecule has 0 saturated heterocycles. The number of nitrogens with zero attached hydrogens (tertiary/aromatic N) is 3. The van der Waals surface area contributed by atoms with Crippen LogP contribution in [0.4, 0.5) is 0 Å². The molecule has 0 radical (unpaired) electrons. The van der Waals surface area contributed by atoms with Crippen molar-refractivity contribution >= 4 is 0 Å². The van der Waals surface area contributed by atoms with Crippen LogP contribution in [0.25, 0.3) is 0 Å². The Kier molecular flexibility index (Phi) is 4.06. The highest BCUT2D eigenvalue weighted by molar-refractivity contribution is 5.44. The Morgan fingerprint density at radius 1 is 1.24 bits per heavy atom. The molecule has 2 aromatic rings. The van der Waals surface area contributed by atoms with Crippen LogP contribution in [0, 0.1) is 5.92 Å². The number of hydrogen-bond acceptors (Lipinski definition) is 5. The van der Waals surface area contributed by atoms with Crippen molar-refractivity contribution in [1.82, 2.24) is 20.1 Å². The first-order valence-corrected chi connectivity index (χ1v) is 7.18. The van der Waals surface area contributed by atoms with E-state index in [1.54, 1.807) is 6.33 Å². The zero-order valence-electron chi connectivity index (χ0n) is 12.4. The number of benzene rings is 1. The second-order valence-electron chi connectivity index (χ2n) is 5.54. The van der Waals surface area contributed by atoms with Gasteiger partial charge in [-0.1, -0.05) is 19.9 Å². The number of rotatable bonds is 6. The summed E-state index contributed by atoms with van der Waals surface area (Å²) in [6.45, 7) is 6.99. The molecule has 1 aliphatic heterocycles. The molecule has 0 atom stereocenters. The standard InChI is InChI=1S/C15H20N4O2/c1-11(2)8-19-15(17-9-18-19)7-16-6-12-3-4-13-14(5-12)21-10-20-13/h3-5,9,11,16H,6-8,10H2,1-2H3. The summed E-state index contributed by atoms with van der Waals surface area (Å²) in [7, 11) is 0. The highest BCUT2D eigenvalue weighted by Gasteiger charge is 2.13. The van der Waals surface area contributed by atoms with Gasteiger partial charge in [-0.3, -0.25) is 0 Å². The van der Waals surface area contributed by atoms with Gasteiger partial charge in [-0.2, -0.15) is 5.10 Å². The molecule has 6 heteroatoms. The van der Waals surface area contributed by atoms with Crippen molar-refractivity contribution < 1.29 is 9.47 Å². The largest absolute Gasteiger partial charge is 0.454 e.